The van der Waals surface area contributed by atoms with Crippen LogP contribution in [0.15, 0.2) is 54.6 Å². The molecule has 0 aliphatic carbocycles. The van der Waals surface area contributed by atoms with Gasteiger partial charge < -0.3 is 14.9 Å². The Hall–Kier alpha value is -3.41. The highest BCUT2D eigenvalue weighted by Crippen LogP contribution is 2.25. The van der Waals surface area contributed by atoms with Gasteiger partial charge in [-0.05, 0) is 48.4 Å². The van der Waals surface area contributed by atoms with E-state index in [-0.39, 0.29) is 16.7 Å². The molecule has 0 aromatic heterocycles. The van der Waals surface area contributed by atoms with Crippen LogP contribution in [0, 0.1) is 0 Å². The van der Waals surface area contributed by atoms with Crippen molar-refractivity contribution in [3.8, 4) is 16.9 Å². The predicted molar refractivity (Wildman–Crippen MR) is 86.2 cm³/mol. The third-order valence-corrected chi connectivity index (χ3v) is 3.17. The Morgan fingerprint density at radius 2 is 1.38 bits per heavy atom. The molecular weight excluding hydrogens is 312 g/mol. The first-order valence-electron chi connectivity index (χ1n) is 6.87. The highest BCUT2D eigenvalue weighted by Gasteiger charge is 2.13. The molecule has 24 heavy (non-hydrogen) atoms. The number of carboxylic acids is 2. The summed E-state index contributed by atoms with van der Waals surface area (Å²) in [5.41, 5.74) is 1.05. The van der Waals surface area contributed by atoms with E-state index >= 15 is 0 Å². The van der Waals surface area contributed by atoms with Crippen LogP contribution in [0.2, 0.25) is 0 Å². The van der Waals surface area contributed by atoms with Crippen LogP contribution in [0.4, 0.5) is 0 Å². The van der Waals surface area contributed by atoms with Crippen LogP contribution in [0.3, 0.4) is 0 Å². The maximum Gasteiger partial charge on any atom is 0.338 e. The molecule has 0 heterocycles. The molecule has 0 aliphatic rings. The zero-order valence-electron chi connectivity index (χ0n) is 12.8. The Morgan fingerprint density at radius 1 is 0.875 bits per heavy atom. The summed E-state index contributed by atoms with van der Waals surface area (Å²) in [6.07, 6.45) is 0. The van der Waals surface area contributed by atoms with Crippen molar-refractivity contribution in [2.45, 2.75) is 6.92 Å². The SMILES string of the molecule is C=C(C)C(=O)Oc1ccc(-c2cc(C(=O)O)cc(C(=O)O)c2)cc1. The molecule has 6 heteroatoms. The zero-order valence-corrected chi connectivity index (χ0v) is 12.8. The number of hydrogen-bond donors (Lipinski definition) is 2. The number of esters is 1. The minimum absolute atomic E-state index is 0.123. The number of aromatic carboxylic acids is 2. The van der Waals surface area contributed by atoms with Gasteiger partial charge in [0.15, 0.2) is 0 Å². The van der Waals surface area contributed by atoms with Crippen LogP contribution in [-0.4, -0.2) is 28.1 Å². The van der Waals surface area contributed by atoms with E-state index in [1.807, 2.05) is 0 Å². The first-order chi connectivity index (χ1) is 11.3. The van der Waals surface area contributed by atoms with Crippen LogP contribution in [-0.2, 0) is 4.79 Å². The quantitative estimate of drug-likeness (QED) is 0.497. The highest BCUT2D eigenvalue weighted by molar-refractivity contribution is 5.96. The second-order valence-electron chi connectivity index (χ2n) is 5.10. The lowest BCUT2D eigenvalue weighted by atomic mass is 9.99. The van der Waals surface area contributed by atoms with Crippen molar-refractivity contribution in [1.29, 1.82) is 0 Å². The molecule has 0 spiro atoms. The molecule has 0 saturated carbocycles. The summed E-state index contributed by atoms with van der Waals surface area (Å²) < 4.78 is 5.06. The third-order valence-electron chi connectivity index (χ3n) is 3.17. The van der Waals surface area contributed by atoms with Gasteiger partial charge >= 0.3 is 17.9 Å². The molecule has 0 amide bonds. The minimum atomic E-state index is -1.22. The highest BCUT2D eigenvalue weighted by atomic mass is 16.5. The van der Waals surface area contributed by atoms with Gasteiger partial charge in [0.2, 0.25) is 0 Å². The van der Waals surface area contributed by atoms with Crippen molar-refractivity contribution < 1.29 is 29.3 Å². The van der Waals surface area contributed by atoms with E-state index in [2.05, 4.69) is 6.58 Å². The van der Waals surface area contributed by atoms with Gasteiger partial charge in [0, 0.05) is 5.57 Å². The molecule has 2 rings (SSSR count). The number of carbonyl (C=O) groups is 3. The lowest BCUT2D eigenvalue weighted by molar-refractivity contribution is -0.130. The first kappa shape index (κ1) is 17.0. The summed E-state index contributed by atoms with van der Waals surface area (Å²) in [6.45, 7) is 5.01. The van der Waals surface area contributed by atoms with Crippen LogP contribution < -0.4 is 4.74 Å². The van der Waals surface area contributed by atoms with Crippen molar-refractivity contribution in [3.63, 3.8) is 0 Å². The van der Waals surface area contributed by atoms with E-state index in [9.17, 15) is 14.4 Å². The maximum absolute atomic E-state index is 11.5. The fourth-order valence-electron chi connectivity index (χ4n) is 1.95. The van der Waals surface area contributed by atoms with E-state index in [4.69, 9.17) is 14.9 Å². The number of rotatable bonds is 5. The monoisotopic (exact) mass is 326 g/mol. The van der Waals surface area contributed by atoms with Gasteiger partial charge in [-0.3, -0.25) is 0 Å². The molecule has 0 bridgehead atoms. The Morgan fingerprint density at radius 3 is 1.79 bits per heavy atom. The molecule has 2 aromatic carbocycles. The van der Waals surface area contributed by atoms with E-state index in [1.54, 1.807) is 12.1 Å². The largest absolute Gasteiger partial charge is 0.478 e. The van der Waals surface area contributed by atoms with E-state index < -0.39 is 17.9 Å². The molecule has 2 aromatic rings. The van der Waals surface area contributed by atoms with Crippen molar-refractivity contribution >= 4 is 17.9 Å². The standard InChI is InChI=1S/C18H14O6/c1-10(2)18(23)24-15-5-3-11(4-6-15)12-7-13(16(19)20)9-14(8-12)17(21)22/h3-9H,1H2,2H3,(H,19,20)(H,21,22). The fourth-order valence-corrected chi connectivity index (χ4v) is 1.95. The van der Waals surface area contributed by atoms with E-state index in [0.717, 1.165) is 6.07 Å². The van der Waals surface area contributed by atoms with E-state index in [1.165, 1.54) is 31.2 Å². The van der Waals surface area contributed by atoms with Crippen LogP contribution in [0.5, 0.6) is 5.75 Å². The maximum atomic E-state index is 11.5. The van der Waals surface area contributed by atoms with E-state index in [0.29, 0.717) is 16.9 Å². The average molecular weight is 326 g/mol. The summed E-state index contributed by atoms with van der Waals surface area (Å²) in [4.78, 5) is 33.7. The van der Waals surface area contributed by atoms with Gasteiger partial charge in [-0.2, -0.15) is 0 Å². The topological polar surface area (TPSA) is 101 Å². The van der Waals surface area contributed by atoms with Gasteiger partial charge in [-0.15, -0.1) is 0 Å². The molecule has 0 fully saturated rings. The normalized spacial score (nSPS) is 10.0. The Kier molecular flexibility index (Phi) is 4.79. The number of ether oxygens (including phenoxy) is 1. The summed E-state index contributed by atoms with van der Waals surface area (Å²) in [5, 5.41) is 18.2. The minimum Gasteiger partial charge on any atom is -0.478 e. The molecule has 0 radical (unpaired) electrons. The van der Waals surface area contributed by atoms with Gasteiger partial charge in [0.25, 0.3) is 0 Å². The summed E-state index contributed by atoms with van der Waals surface area (Å²) in [7, 11) is 0. The van der Waals surface area contributed by atoms with Crippen molar-refractivity contribution in [2.24, 2.45) is 0 Å². The second kappa shape index (κ2) is 6.78. The number of hydrogen-bond acceptors (Lipinski definition) is 4. The third kappa shape index (κ3) is 3.86. The number of carboxylic acid groups (broad SMARTS) is 2. The van der Waals surface area contributed by atoms with Crippen molar-refractivity contribution in [1.82, 2.24) is 0 Å². The van der Waals surface area contributed by atoms with Gasteiger partial charge in [-0.1, -0.05) is 18.7 Å². The van der Waals surface area contributed by atoms with Crippen molar-refractivity contribution in [3.05, 3.63) is 65.7 Å². The van der Waals surface area contributed by atoms with Gasteiger partial charge in [0.05, 0.1) is 11.1 Å². The molecule has 122 valence electrons. The second-order valence-corrected chi connectivity index (χ2v) is 5.10. The Labute approximate surface area is 137 Å². The van der Waals surface area contributed by atoms with Crippen molar-refractivity contribution in [2.75, 3.05) is 0 Å². The molecule has 2 N–H and O–H groups in total. The number of benzene rings is 2. The molecular formula is C18H14O6. The summed E-state index contributed by atoms with van der Waals surface area (Å²) in [5.74, 6) is -2.68. The molecule has 0 atom stereocenters. The Balaban J connectivity index is 2.37. The molecule has 0 unspecified atom stereocenters. The first-order valence-corrected chi connectivity index (χ1v) is 6.87. The molecule has 0 saturated heterocycles. The summed E-state index contributed by atoms with van der Waals surface area (Å²) >= 11 is 0. The smallest absolute Gasteiger partial charge is 0.338 e. The average Bonchev–Trinajstić information content (AvgIpc) is 2.54. The predicted octanol–water partition coefficient (Wildman–Crippen LogP) is 3.23. The van der Waals surface area contributed by atoms with Crippen LogP contribution in [0.25, 0.3) is 11.1 Å². The van der Waals surface area contributed by atoms with Crippen LogP contribution in [0.1, 0.15) is 27.6 Å². The zero-order chi connectivity index (χ0) is 17.9. The lowest BCUT2D eigenvalue weighted by Gasteiger charge is -2.08. The van der Waals surface area contributed by atoms with Gasteiger partial charge in [-0.25, -0.2) is 14.4 Å². The molecule has 0 aliphatic heterocycles. The van der Waals surface area contributed by atoms with Crippen LogP contribution >= 0.6 is 0 Å². The van der Waals surface area contributed by atoms with Gasteiger partial charge in [0.1, 0.15) is 5.75 Å². The fraction of sp³-hybridized carbons (Fsp3) is 0.0556. The number of carbonyl (C=O) groups excluding carboxylic acids is 1. The summed E-state index contributed by atoms with van der Waals surface area (Å²) in [6, 6.07) is 10.1. The molecule has 6 nitrogen and oxygen atoms in total. The Bertz CT molecular complexity index is 801. The lowest BCUT2D eigenvalue weighted by Crippen LogP contribution is -2.07.